The summed E-state index contributed by atoms with van der Waals surface area (Å²) >= 11 is 6.19. The maximum Gasteiger partial charge on any atom is 0.224 e. The zero-order valence-electron chi connectivity index (χ0n) is 10.6. The Morgan fingerprint density at radius 2 is 2.28 bits per heavy atom. The van der Waals surface area contributed by atoms with Crippen LogP contribution in [-0.2, 0) is 9.53 Å². The average Bonchev–Trinajstić information content (AvgIpc) is 2.86. The van der Waals surface area contributed by atoms with Crippen LogP contribution in [0.1, 0.15) is 24.3 Å². The van der Waals surface area contributed by atoms with Gasteiger partial charge >= 0.3 is 0 Å². The van der Waals surface area contributed by atoms with Crippen LogP contribution in [0, 0.1) is 0 Å². The van der Waals surface area contributed by atoms with Gasteiger partial charge in [-0.1, -0.05) is 29.8 Å². The van der Waals surface area contributed by atoms with E-state index >= 15 is 0 Å². The molecule has 0 spiro atoms. The molecule has 0 aromatic heterocycles. The predicted molar refractivity (Wildman–Crippen MR) is 71.9 cm³/mol. The number of hydrogen-bond donors (Lipinski definition) is 0. The van der Waals surface area contributed by atoms with Crippen LogP contribution >= 0.6 is 11.6 Å². The molecule has 0 saturated carbocycles. The van der Waals surface area contributed by atoms with Crippen molar-refractivity contribution in [1.29, 1.82) is 0 Å². The highest BCUT2D eigenvalue weighted by molar-refractivity contribution is 6.31. The minimum atomic E-state index is 0.173. The molecule has 1 aromatic rings. The molecule has 1 fully saturated rings. The van der Waals surface area contributed by atoms with Gasteiger partial charge in [-0.3, -0.25) is 4.79 Å². The van der Waals surface area contributed by atoms with E-state index in [-0.39, 0.29) is 5.91 Å². The standard InChI is InChI=1S/C14H18ClNO2/c1-18-9-7-14(17)16-8-6-11(10-16)12-4-2-3-5-13(12)15/h2-5,11H,6-10H2,1H3/t11-/m0/s1. The molecular formula is C14H18ClNO2. The summed E-state index contributed by atoms with van der Waals surface area (Å²) in [5.41, 5.74) is 1.15. The van der Waals surface area contributed by atoms with Crippen LogP contribution < -0.4 is 0 Å². The molecule has 18 heavy (non-hydrogen) atoms. The molecule has 1 aliphatic rings. The molecule has 0 N–H and O–H groups in total. The van der Waals surface area contributed by atoms with Crippen LogP contribution in [-0.4, -0.2) is 37.6 Å². The van der Waals surface area contributed by atoms with E-state index in [9.17, 15) is 4.79 Å². The summed E-state index contributed by atoms with van der Waals surface area (Å²) in [7, 11) is 1.61. The molecule has 1 aromatic carbocycles. The van der Waals surface area contributed by atoms with Crippen LogP contribution in [0.2, 0.25) is 5.02 Å². The second-order valence-electron chi connectivity index (χ2n) is 4.59. The highest BCUT2D eigenvalue weighted by Gasteiger charge is 2.27. The van der Waals surface area contributed by atoms with E-state index < -0.39 is 0 Å². The molecule has 2 rings (SSSR count). The van der Waals surface area contributed by atoms with Gasteiger partial charge in [-0.25, -0.2) is 0 Å². The fraction of sp³-hybridized carbons (Fsp3) is 0.500. The summed E-state index contributed by atoms with van der Waals surface area (Å²) in [4.78, 5) is 13.8. The van der Waals surface area contributed by atoms with Crippen molar-refractivity contribution >= 4 is 17.5 Å². The van der Waals surface area contributed by atoms with Gasteiger partial charge in [0.05, 0.1) is 13.0 Å². The number of rotatable bonds is 4. The Bertz CT molecular complexity index is 422. The normalized spacial score (nSPS) is 19.2. The van der Waals surface area contributed by atoms with Gasteiger partial charge in [-0.2, -0.15) is 0 Å². The highest BCUT2D eigenvalue weighted by Crippen LogP contribution is 2.31. The van der Waals surface area contributed by atoms with Crippen LogP contribution in [0.4, 0.5) is 0 Å². The summed E-state index contributed by atoms with van der Waals surface area (Å²) in [6.07, 6.45) is 1.45. The third-order valence-electron chi connectivity index (χ3n) is 3.41. The number of ether oxygens (including phenoxy) is 1. The number of hydrogen-bond acceptors (Lipinski definition) is 2. The molecule has 1 amide bonds. The third-order valence-corrected chi connectivity index (χ3v) is 3.75. The molecule has 0 bridgehead atoms. The van der Waals surface area contributed by atoms with Gasteiger partial charge in [0.15, 0.2) is 0 Å². The first-order valence-corrected chi connectivity index (χ1v) is 6.61. The van der Waals surface area contributed by atoms with Crippen molar-refractivity contribution < 1.29 is 9.53 Å². The molecule has 0 radical (unpaired) electrons. The second-order valence-corrected chi connectivity index (χ2v) is 5.00. The van der Waals surface area contributed by atoms with Crippen molar-refractivity contribution in [2.24, 2.45) is 0 Å². The third kappa shape index (κ3) is 3.03. The Balaban J connectivity index is 1.96. The van der Waals surface area contributed by atoms with Crippen molar-refractivity contribution in [3.8, 4) is 0 Å². The largest absolute Gasteiger partial charge is 0.384 e. The first kappa shape index (κ1) is 13.4. The maximum absolute atomic E-state index is 11.9. The van der Waals surface area contributed by atoms with Crippen molar-refractivity contribution in [2.45, 2.75) is 18.8 Å². The number of likely N-dealkylation sites (tertiary alicyclic amines) is 1. The molecule has 1 saturated heterocycles. The van der Waals surface area contributed by atoms with Gasteiger partial charge in [-0.05, 0) is 18.1 Å². The van der Waals surface area contributed by atoms with Gasteiger partial charge in [-0.15, -0.1) is 0 Å². The molecule has 0 aliphatic carbocycles. The number of methoxy groups -OCH3 is 1. The molecule has 4 heteroatoms. The number of carbonyl (C=O) groups is 1. The van der Waals surface area contributed by atoms with Gasteiger partial charge < -0.3 is 9.64 Å². The summed E-state index contributed by atoms with van der Waals surface area (Å²) in [5.74, 6) is 0.539. The first-order valence-electron chi connectivity index (χ1n) is 6.23. The van der Waals surface area contributed by atoms with E-state index in [4.69, 9.17) is 16.3 Å². The van der Waals surface area contributed by atoms with E-state index in [1.165, 1.54) is 0 Å². The van der Waals surface area contributed by atoms with Crippen molar-refractivity contribution in [2.75, 3.05) is 26.8 Å². The van der Waals surface area contributed by atoms with E-state index in [2.05, 4.69) is 6.07 Å². The second kappa shape index (κ2) is 6.21. The lowest BCUT2D eigenvalue weighted by atomic mass is 9.98. The van der Waals surface area contributed by atoms with Gasteiger partial charge in [0, 0.05) is 31.1 Å². The Morgan fingerprint density at radius 1 is 1.50 bits per heavy atom. The van der Waals surface area contributed by atoms with Crippen molar-refractivity contribution in [3.05, 3.63) is 34.9 Å². The Morgan fingerprint density at radius 3 is 3.00 bits per heavy atom. The number of nitrogens with zero attached hydrogens (tertiary/aromatic N) is 1. The summed E-state index contributed by atoms with van der Waals surface area (Å²) in [6, 6.07) is 7.89. The quantitative estimate of drug-likeness (QED) is 0.839. The SMILES string of the molecule is COCCC(=O)N1CC[C@H](c2ccccc2Cl)C1. The van der Waals surface area contributed by atoms with E-state index in [1.807, 2.05) is 23.1 Å². The molecule has 1 heterocycles. The molecule has 98 valence electrons. The van der Waals surface area contributed by atoms with Crippen LogP contribution in [0.25, 0.3) is 0 Å². The van der Waals surface area contributed by atoms with Crippen LogP contribution in [0.15, 0.2) is 24.3 Å². The van der Waals surface area contributed by atoms with Crippen LogP contribution in [0.5, 0.6) is 0 Å². The number of amides is 1. The van der Waals surface area contributed by atoms with Crippen molar-refractivity contribution in [3.63, 3.8) is 0 Å². The smallest absolute Gasteiger partial charge is 0.224 e. The van der Waals surface area contributed by atoms with Crippen molar-refractivity contribution in [1.82, 2.24) is 4.90 Å². The summed E-state index contributed by atoms with van der Waals surface area (Å²) in [5, 5.41) is 0.800. The Kier molecular flexibility index (Phi) is 4.61. The number of carbonyl (C=O) groups excluding carboxylic acids is 1. The van der Waals surface area contributed by atoms with Gasteiger partial charge in [0.1, 0.15) is 0 Å². The molecule has 1 atom stereocenters. The minimum absolute atomic E-state index is 0.173. The molecular weight excluding hydrogens is 250 g/mol. The zero-order chi connectivity index (χ0) is 13.0. The maximum atomic E-state index is 11.9. The zero-order valence-corrected chi connectivity index (χ0v) is 11.3. The predicted octanol–water partition coefficient (Wildman–Crippen LogP) is 2.69. The molecule has 0 unspecified atom stereocenters. The minimum Gasteiger partial charge on any atom is -0.384 e. The highest BCUT2D eigenvalue weighted by atomic mass is 35.5. The topological polar surface area (TPSA) is 29.5 Å². The van der Waals surface area contributed by atoms with E-state index in [1.54, 1.807) is 7.11 Å². The van der Waals surface area contributed by atoms with E-state index in [0.717, 1.165) is 30.1 Å². The Hall–Kier alpha value is -1.06. The summed E-state index contributed by atoms with van der Waals surface area (Å²) in [6.45, 7) is 2.08. The summed E-state index contributed by atoms with van der Waals surface area (Å²) < 4.78 is 4.93. The monoisotopic (exact) mass is 267 g/mol. The number of benzene rings is 1. The lowest BCUT2D eigenvalue weighted by molar-refractivity contribution is -0.131. The van der Waals surface area contributed by atoms with Gasteiger partial charge in [0.2, 0.25) is 5.91 Å². The van der Waals surface area contributed by atoms with Crippen LogP contribution in [0.3, 0.4) is 0 Å². The first-order chi connectivity index (χ1) is 8.72. The average molecular weight is 268 g/mol. The fourth-order valence-corrected chi connectivity index (χ4v) is 2.68. The van der Waals surface area contributed by atoms with E-state index in [0.29, 0.717) is 18.9 Å². The lowest BCUT2D eigenvalue weighted by Crippen LogP contribution is -2.29. The lowest BCUT2D eigenvalue weighted by Gasteiger charge is -2.17. The Labute approximate surface area is 113 Å². The molecule has 1 aliphatic heterocycles. The molecule has 3 nitrogen and oxygen atoms in total. The fourth-order valence-electron chi connectivity index (χ4n) is 2.39. The number of halogens is 1. The van der Waals surface area contributed by atoms with Gasteiger partial charge in [0.25, 0.3) is 0 Å².